The summed E-state index contributed by atoms with van der Waals surface area (Å²) in [5, 5.41) is 10.3. The maximum absolute atomic E-state index is 10.3. The quantitative estimate of drug-likeness (QED) is 0.543. The second kappa shape index (κ2) is 8.06. The number of nitrogens with zero attached hydrogens (tertiary/aromatic N) is 1. The number of aliphatic hydroxyl groups is 1. The molecule has 0 aromatic rings. The molecule has 0 aromatic heterocycles. The van der Waals surface area contributed by atoms with Crippen LogP contribution in [0.3, 0.4) is 0 Å². The van der Waals surface area contributed by atoms with Crippen LogP contribution in [-0.2, 0) is 9.53 Å². The van der Waals surface area contributed by atoms with Crippen molar-refractivity contribution in [2.45, 2.75) is 102 Å². The van der Waals surface area contributed by atoms with Gasteiger partial charge in [-0.1, -0.05) is 31.1 Å². The zero-order valence-corrected chi connectivity index (χ0v) is 20.6. The molecule has 4 heteroatoms. The Morgan fingerprint density at radius 3 is 2.78 bits per heavy atom. The summed E-state index contributed by atoms with van der Waals surface area (Å²) < 4.78 is 7.01. The number of ether oxygens (including phenoxy) is 1. The van der Waals surface area contributed by atoms with Gasteiger partial charge in [0.2, 0.25) is 0 Å². The normalized spacial score (nSPS) is 50.0. The number of aliphatic hydroxyl groups excluding tert-OH is 1. The van der Waals surface area contributed by atoms with E-state index in [1.54, 1.807) is 16.7 Å². The van der Waals surface area contributed by atoms with E-state index in [0.29, 0.717) is 17.6 Å². The minimum atomic E-state index is -0.108. The van der Waals surface area contributed by atoms with E-state index in [4.69, 9.17) is 9.53 Å². The van der Waals surface area contributed by atoms with Gasteiger partial charge in [0.1, 0.15) is 6.79 Å². The Kier molecular flexibility index (Phi) is 5.74. The average Bonchev–Trinajstić information content (AvgIpc) is 3.33. The Morgan fingerprint density at radius 1 is 1.22 bits per heavy atom. The van der Waals surface area contributed by atoms with Gasteiger partial charge in [-0.25, -0.2) is 0 Å². The number of likely N-dealkylation sites (N-methyl/N-ethyl adjacent to an activating group) is 1. The summed E-state index contributed by atoms with van der Waals surface area (Å²) in [4.78, 5) is 10.6. The van der Waals surface area contributed by atoms with Gasteiger partial charge in [-0.05, 0) is 106 Å². The largest absolute Gasteiger partial charge is 0.393 e. The van der Waals surface area contributed by atoms with Crippen LogP contribution < -0.4 is 0 Å². The van der Waals surface area contributed by atoms with Gasteiger partial charge in [0, 0.05) is 12.6 Å². The molecule has 0 amide bonds. The van der Waals surface area contributed by atoms with Gasteiger partial charge in [-0.15, -0.1) is 0 Å². The van der Waals surface area contributed by atoms with Gasteiger partial charge in [-0.2, -0.15) is 0 Å². The number of likely N-dealkylation sites (tertiary alicyclic amines) is 1. The predicted octanol–water partition coefficient (Wildman–Crippen LogP) is 4.91. The fourth-order valence-electron chi connectivity index (χ4n) is 9.06. The average molecular weight is 442 g/mol. The number of carbonyl (C=O) groups excluding carboxylic acids is 1. The van der Waals surface area contributed by atoms with E-state index < -0.39 is 0 Å². The van der Waals surface area contributed by atoms with Crippen molar-refractivity contribution < 1.29 is 14.6 Å². The van der Waals surface area contributed by atoms with E-state index in [1.165, 1.54) is 51.5 Å². The van der Waals surface area contributed by atoms with Crippen LogP contribution in [-0.4, -0.2) is 54.2 Å². The van der Waals surface area contributed by atoms with E-state index in [2.05, 4.69) is 38.8 Å². The van der Waals surface area contributed by atoms with Gasteiger partial charge < -0.3 is 19.5 Å². The standard InChI is InChI=1S/C27H41NO2.CH2O/c1-16-11-25-24(28(4)15-16)14-27(30-25)10-8-20-21-6-5-18-12-19(29)7-9-26(18,3)23(21)13-22(20)17(27)2;1-2/h5,16,19-21,23-25,29H,6-15H2,1-4H3;1H2. The predicted molar refractivity (Wildman–Crippen MR) is 127 cm³/mol. The molecule has 2 aliphatic heterocycles. The molecule has 4 aliphatic carbocycles. The Labute approximate surface area is 194 Å². The van der Waals surface area contributed by atoms with Crippen LogP contribution in [0.4, 0.5) is 0 Å². The van der Waals surface area contributed by atoms with Crippen molar-refractivity contribution in [2.75, 3.05) is 13.6 Å². The van der Waals surface area contributed by atoms with Gasteiger partial charge in [0.25, 0.3) is 0 Å². The zero-order valence-electron chi connectivity index (χ0n) is 20.6. The molecule has 0 radical (unpaired) electrons. The first-order valence-corrected chi connectivity index (χ1v) is 13.1. The van der Waals surface area contributed by atoms with Crippen LogP contribution in [0.1, 0.15) is 78.6 Å². The van der Waals surface area contributed by atoms with Crippen molar-refractivity contribution >= 4 is 6.79 Å². The summed E-state index contributed by atoms with van der Waals surface area (Å²) >= 11 is 0. The van der Waals surface area contributed by atoms with Crippen molar-refractivity contribution in [3.63, 3.8) is 0 Å². The molecule has 32 heavy (non-hydrogen) atoms. The lowest BCUT2D eigenvalue weighted by molar-refractivity contribution is -0.0980. The van der Waals surface area contributed by atoms with Gasteiger partial charge in [-0.3, -0.25) is 0 Å². The summed E-state index contributed by atoms with van der Waals surface area (Å²) in [7, 11) is 2.32. The van der Waals surface area contributed by atoms with Crippen molar-refractivity contribution in [1.29, 1.82) is 0 Å². The number of carbonyl (C=O) groups is 1. The first-order valence-electron chi connectivity index (χ1n) is 13.1. The molecule has 9 atom stereocenters. The smallest absolute Gasteiger partial charge is 0.106 e. The summed E-state index contributed by atoms with van der Waals surface area (Å²) in [5.41, 5.74) is 5.33. The number of rotatable bonds is 0. The third-order valence-corrected chi connectivity index (χ3v) is 10.7. The number of hydrogen-bond donors (Lipinski definition) is 1. The zero-order chi connectivity index (χ0) is 22.8. The van der Waals surface area contributed by atoms with Gasteiger partial charge in [0.05, 0.1) is 17.8 Å². The Hall–Kier alpha value is -0.970. The highest BCUT2D eigenvalue weighted by Gasteiger charge is 2.58. The highest BCUT2D eigenvalue weighted by molar-refractivity contribution is 5.37. The van der Waals surface area contributed by atoms with Crippen molar-refractivity contribution in [3.05, 3.63) is 22.8 Å². The molecule has 0 bridgehead atoms. The molecule has 2 heterocycles. The Bertz CT molecular complexity index is 819. The monoisotopic (exact) mass is 441 g/mol. The number of piperidine rings is 1. The molecule has 4 fully saturated rings. The topological polar surface area (TPSA) is 49.8 Å². The van der Waals surface area contributed by atoms with Crippen LogP contribution >= 0.6 is 0 Å². The molecule has 1 N–H and O–H groups in total. The third-order valence-electron chi connectivity index (χ3n) is 10.7. The first-order chi connectivity index (χ1) is 15.3. The lowest BCUT2D eigenvalue weighted by Gasteiger charge is -2.49. The molecular formula is C28H43NO3. The number of fused-ring (bicyclic) bond motifs is 6. The van der Waals surface area contributed by atoms with Crippen molar-refractivity contribution in [2.24, 2.45) is 29.1 Å². The SMILES string of the molecule is C=O.CC1=C2CC3C(CC=C4CC(O)CCC43C)C2CCC12CC1C(CC(C)CN1C)O2. The number of allylic oxidation sites excluding steroid dienone is 2. The van der Waals surface area contributed by atoms with E-state index in [1.807, 2.05) is 6.79 Å². The first kappa shape index (κ1) is 22.8. The minimum absolute atomic E-state index is 0.0207. The van der Waals surface area contributed by atoms with E-state index in [9.17, 15) is 5.11 Å². The van der Waals surface area contributed by atoms with Crippen molar-refractivity contribution in [1.82, 2.24) is 4.90 Å². The van der Waals surface area contributed by atoms with Crippen LogP contribution in [0.15, 0.2) is 22.8 Å². The van der Waals surface area contributed by atoms with Gasteiger partial charge >= 0.3 is 0 Å². The van der Waals surface area contributed by atoms with Crippen LogP contribution in [0.2, 0.25) is 0 Å². The maximum Gasteiger partial charge on any atom is 0.106 e. The molecule has 4 nitrogen and oxygen atoms in total. The van der Waals surface area contributed by atoms with Crippen LogP contribution in [0.5, 0.6) is 0 Å². The molecule has 1 spiro atoms. The Morgan fingerprint density at radius 2 is 2.00 bits per heavy atom. The van der Waals surface area contributed by atoms with E-state index in [0.717, 1.165) is 36.5 Å². The molecule has 2 saturated heterocycles. The third kappa shape index (κ3) is 3.23. The molecule has 0 aromatic carbocycles. The fraction of sp³-hybridized carbons (Fsp3) is 0.821. The van der Waals surface area contributed by atoms with E-state index in [-0.39, 0.29) is 11.7 Å². The minimum Gasteiger partial charge on any atom is -0.393 e. The van der Waals surface area contributed by atoms with Crippen LogP contribution in [0.25, 0.3) is 0 Å². The molecule has 6 rings (SSSR count). The van der Waals surface area contributed by atoms with Gasteiger partial charge in [0.15, 0.2) is 0 Å². The summed E-state index contributed by atoms with van der Waals surface area (Å²) in [6.07, 6.45) is 13.5. The summed E-state index contributed by atoms with van der Waals surface area (Å²) in [6, 6.07) is 0.614. The molecule has 178 valence electrons. The highest BCUT2D eigenvalue weighted by Crippen LogP contribution is 2.64. The molecule has 9 unspecified atom stereocenters. The lowest BCUT2D eigenvalue weighted by atomic mass is 9.56. The number of hydrogen-bond acceptors (Lipinski definition) is 4. The molecule has 6 aliphatic rings. The Balaban J connectivity index is 0.00000105. The lowest BCUT2D eigenvalue weighted by Crippen LogP contribution is -2.46. The molecular weight excluding hydrogens is 398 g/mol. The summed E-state index contributed by atoms with van der Waals surface area (Å²) in [6.45, 7) is 10.6. The fourth-order valence-corrected chi connectivity index (χ4v) is 9.06. The summed E-state index contributed by atoms with van der Waals surface area (Å²) in [5.74, 6) is 3.13. The molecule has 2 saturated carbocycles. The van der Waals surface area contributed by atoms with Crippen molar-refractivity contribution in [3.8, 4) is 0 Å². The second-order valence-corrected chi connectivity index (χ2v) is 12.3. The van der Waals surface area contributed by atoms with E-state index >= 15 is 0 Å². The highest BCUT2D eigenvalue weighted by atomic mass is 16.5. The maximum atomic E-state index is 10.3. The second-order valence-electron chi connectivity index (χ2n) is 12.3. The van der Waals surface area contributed by atoms with Crippen LogP contribution in [0, 0.1) is 29.1 Å².